The van der Waals surface area contributed by atoms with Gasteiger partial charge in [0.2, 0.25) is 0 Å². The number of esters is 1. The van der Waals surface area contributed by atoms with Crippen LogP contribution in [0.3, 0.4) is 0 Å². The summed E-state index contributed by atoms with van der Waals surface area (Å²) >= 11 is 0. The van der Waals surface area contributed by atoms with E-state index in [0.29, 0.717) is 13.0 Å². The number of benzene rings is 1. The van der Waals surface area contributed by atoms with E-state index in [4.69, 9.17) is 4.74 Å². The van der Waals surface area contributed by atoms with Gasteiger partial charge in [0.1, 0.15) is 5.54 Å². The molecule has 1 aromatic rings. The van der Waals surface area contributed by atoms with Gasteiger partial charge in [0.25, 0.3) is 0 Å². The van der Waals surface area contributed by atoms with E-state index in [1.54, 1.807) is 0 Å². The lowest BCUT2D eigenvalue weighted by molar-refractivity contribution is -0.155. The molecule has 3 heteroatoms. The SMILES string of the molecule is CCCOC(=O)C(C)(Cc1ccccc1)N(C)C. The van der Waals surface area contributed by atoms with Crippen LogP contribution in [0.25, 0.3) is 0 Å². The summed E-state index contributed by atoms with van der Waals surface area (Å²) in [6.07, 6.45) is 1.50. The molecule has 18 heavy (non-hydrogen) atoms. The second-order valence-electron chi connectivity index (χ2n) is 4.97. The van der Waals surface area contributed by atoms with Crippen LogP contribution in [-0.2, 0) is 16.0 Å². The van der Waals surface area contributed by atoms with E-state index in [0.717, 1.165) is 12.0 Å². The largest absolute Gasteiger partial charge is 0.464 e. The number of hydrogen-bond donors (Lipinski definition) is 0. The molecular weight excluding hydrogens is 226 g/mol. The minimum Gasteiger partial charge on any atom is -0.464 e. The van der Waals surface area contributed by atoms with Gasteiger partial charge in [0.15, 0.2) is 0 Å². The molecule has 0 aliphatic rings. The molecule has 0 radical (unpaired) electrons. The molecule has 0 saturated heterocycles. The van der Waals surface area contributed by atoms with Crippen LogP contribution in [0.1, 0.15) is 25.8 Å². The average Bonchev–Trinajstić information content (AvgIpc) is 2.36. The number of hydrogen-bond acceptors (Lipinski definition) is 3. The summed E-state index contributed by atoms with van der Waals surface area (Å²) in [5, 5.41) is 0. The Balaban J connectivity index is 2.83. The molecule has 0 amide bonds. The highest BCUT2D eigenvalue weighted by Crippen LogP contribution is 2.20. The van der Waals surface area contributed by atoms with Gasteiger partial charge in [-0.25, -0.2) is 0 Å². The minimum atomic E-state index is -0.615. The van der Waals surface area contributed by atoms with E-state index in [1.807, 2.05) is 63.2 Å². The van der Waals surface area contributed by atoms with Crippen molar-refractivity contribution >= 4 is 5.97 Å². The number of nitrogens with zero attached hydrogens (tertiary/aromatic N) is 1. The molecule has 0 fully saturated rings. The summed E-state index contributed by atoms with van der Waals surface area (Å²) in [6, 6.07) is 10.0. The molecule has 1 atom stereocenters. The Morgan fingerprint density at radius 3 is 2.39 bits per heavy atom. The molecule has 0 aliphatic carbocycles. The summed E-state index contributed by atoms with van der Waals surface area (Å²) in [6.45, 7) is 4.41. The fraction of sp³-hybridized carbons (Fsp3) is 0.533. The molecule has 1 unspecified atom stereocenters. The van der Waals surface area contributed by atoms with Crippen molar-refractivity contribution in [2.45, 2.75) is 32.2 Å². The van der Waals surface area contributed by atoms with E-state index < -0.39 is 5.54 Å². The molecule has 0 aromatic heterocycles. The fourth-order valence-corrected chi connectivity index (χ4v) is 1.76. The lowest BCUT2D eigenvalue weighted by atomic mass is 9.91. The highest BCUT2D eigenvalue weighted by molar-refractivity contribution is 5.80. The third kappa shape index (κ3) is 3.57. The molecule has 0 heterocycles. The molecule has 0 spiro atoms. The van der Waals surface area contributed by atoms with Crippen molar-refractivity contribution in [1.82, 2.24) is 4.90 Å². The Morgan fingerprint density at radius 2 is 1.89 bits per heavy atom. The zero-order chi connectivity index (χ0) is 13.6. The Morgan fingerprint density at radius 1 is 1.28 bits per heavy atom. The van der Waals surface area contributed by atoms with Gasteiger partial charge in [-0.2, -0.15) is 0 Å². The van der Waals surface area contributed by atoms with Crippen LogP contribution in [0.15, 0.2) is 30.3 Å². The Bertz CT molecular complexity index is 375. The maximum Gasteiger partial charge on any atom is 0.326 e. The summed E-state index contributed by atoms with van der Waals surface area (Å²) < 4.78 is 5.31. The van der Waals surface area contributed by atoms with Crippen molar-refractivity contribution in [3.8, 4) is 0 Å². The first kappa shape index (κ1) is 14.7. The monoisotopic (exact) mass is 249 g/mol. The third-order valence-electron chi connectivity index (χ3n) is 3.26. The van der Waals surface area contributed by atoms with Crippen LogP contribution >= 0.6 is 0 Å². The van der Waals surface area contributed by atoms with Crippen molar-refractivity contribution in [3.63, 3.8) is 0 Å². The van der Waals surface area contributed by atoms with E-state index >= 15 is 0 Å². The zero-order valence-electron chi connectivity index (χ0n) is 11.8. The number of carbonyl (C=O) groups excluding carboxylic acids is 1. The Hall–Kier alpha value is -1.35. The van der Waals surface area contributed by atoms with Gasteiger partial charge < -0.3 is 4.74 Å². The Kier molecular flexibility index (Phi) is 5.35. The molecule has 0 aliphatic heterocycles. The summed E-state index contributed by atoms with van der Waals surface area (Å²) in [4.78, 5) is 14.1. The van der Waals surface area contributed by atoms with Crippen molar-refractivity contribution < 1.29 is 9.53 Å². The van der Waals surface area contributed by atoms with Gasteiger partial charge in [0.05, 0.1) is 6.61 Å². The molecule has 1 aromatic carbocycles. The molecule has 0 bridgehead atoms. The molecule has 0 saturated carbocycles. The lowest BCUT2D eigenvalue weighted by Gasteiger charge is -2.34. The van der Waals surface area contributed by atoms with Crippen LogP contribution in [0.4, 0.5) is 0 Å². The smallest absolute Gasteiger partial charge is 0.326 e. The third-order valence-corrected chi connectivity index (χ3v) is 3.26. The van der Waals surface area contributed by atoms with Gasteiger partial charge in [-0.15, -0.1) is 0 Å². The Labute approximate surface area is 110 Å². The van der Waals surface area contributed by atoms with Gasteiger partial charge >= 0.3 is 5.97 Å². The van der Waals surface area contributed by atoms with Crippen LogP contribution < -0.4 is 0 Å². The molecule has 100 valence electrons. The van der Waals surface area contributed by atoms with E-state index in [1.165, 1.54) is 0 Å². The maximum atomic E-state index is 12.2. The van der Waals surface area contributed by atoms with Gasteiger partial charge in [-0.1, -0.05) is 37.3 Å². The molecule has 3 nitrogen and oxygen atoms in total. The van der Waals surface area contributed by atoms with Crippen molar-refractivity contribution in [1.29, 1.82) is 0 Å². The normalized spacial score (nSPS) is 14.3. The van der Waals surface area contributed by atoms with Gasteiger partial charge in [0, 0.05) is 6.42 Å². The van der Waals surface area contributed by atoms with Crippen molar-refractivity contribution in [3.05, 3.63) is 35.9 Å². The van der Waals surface area contributed by atoms with E-state index in [-0.39, 0.29) is 5.97 Å². The summed E-state index contributed by atoms with van der Waals surface area (Å²) in [5.74, 6) is -0.154. The van der Waals surface area contributed by atoms with Crippen LogP contribution in [-0.4, -0.2) is 37.1 Å². The maximum absolute atomic E-state index is 12.2. The van der Waals surface area contributed by atoms with Crippen LogP contribution in [0.2, 0.25) is 0 Å². The first-order chi connectivity index (χ1) is 8.50. The molecule has 1 rings (SSSR count). The number of likely N-dealkylation sites (N-methyl/N-ethyl adjacent to an activating group) is 1. The molecule has 0 N–H and O–H groups in total. The zero-order valence-corrected chi connectivity index (χ0v) is 11.8. The number of rotatable bonds is 6. The average molecular weight is 249 g/mol. The first-order valence-corrected chi connectivity index (χ1v) is 6.39. The van der Waals surface area contributed by atoms with E-state index in [9.17, 15) is 4.79 Å². The van der Waals surface area contributed by atoms with E-state index in [2.05, 4.69) is 0 Å². The first-order valence-electron chi connectivity index (χ1n) is 6.39. The number of ether oxygens (including phenoxy) is 1. The predicted molar refractivity (Wildman–Crippen MR) is 73.5 cm³/mol. The quantitative estimate of drug-likeness (QED) is 0.725. The van der Waals surface area contributed by atoms with Crippen molar-refractivity contribution in [2.24, 2.45) is 0 Å². The number of carbonyl (C=O) groups is 1. The highest BCUT2D eigenvalue weighted by Gasteiger charge is 2.37. The van der Waals surface area contributed by atoms with Gasteiger partial charge in [-0.3, -0.25) is 9.69 Å². The van der Waals surface area contributed by atoms with Crippen LogP contribution in [0, 0.1) is 0 Å². The predicted octanol–water partition coefficient (Wildman–Crippen LogP) is 2.50. The highest BCUT2D eigenvalue weighted by atomic mass is 16.5. The fourth-order valence-electron chi connectivity index (χ4n) is 1.76. The van der Waals surface area contributed by atoms with Crippen molar-refractivity contribution in [2.75, 3.05) is 20.7 Å². The summed E-state index contributed by atoms with van der Waals surface area (Å²) in [5.41, 5.74) is 0.526. The molecular formula is C15H23NO2. The standard InChI is InChI=1S/C15H23NO2/c1-5-11-18-14(17)15(2,16(3)4)12-13-9-7-6-8-10-13/h6-10H,5,11-12H2,1-4H3. The second-order valence-corrected chi connectivity index (χ2v) is 4.97. The topological polar surface area (TPSA) is 29.5 Å². The van der Waals surface area contributed by atoms with Gasteiger partial charge in [-0.05, 0) is 33.0 Å². The second kappa shape index (κ2) is 6.55. The van der Waals surface area contributed by atoms with Crippen LogP contribution in [0.5, 0.6) is 0 Å². The lowest BCUT2D eigenvalue weighted by Crippen LogP contribution is -2.51. The minimum absolute atomic E-state index is 0.154. The summed E-state index contributed by atoms with van der Waals surface area (Å²) in [7, 11) is 3.83.